The van der Waals surface area contributed by atoms with Crippen LogP contribution in [0.5, 0.6) is 5.75 Å². The van der Waals surface area contributed by atoms with Gasteiger partial charge in [-0.05, 0) is 25.1 Å². The minimum atomic E-state index is -1.04. The predicted octanol–water partition coefficient (Wildman–Crippen LogP) is 3.39. The number of hydrogen-bond acceptors (Lipinski definition) is 3. The number of benzene rings is 1. The molecule has 0 aliphatic carbocycles. The molecule has 0 atom stereocenters. The Morgan fingerprint density at radius 2 is 2.05 bits per heavy atom. The highest BCUT2D eigenvalue weighted by molar-refractivity contribution is 5.85. The van der Waals surface area contributed by atoms with Crippen LogP contribution < -0.4 is 4.74 Å². The molecule has 0 aliphatic rings. The number of carboxylic acids is 1. The van der Waals surface area contributed by atoms with Gasteiger partial charge in [0.2, 0.25) is 0 Å². The highest BCUT2D eigenvalue weighted by Gasteiger charge is 2.06. The average molecular weight is 269 g/mol. The van der Waals surface area contributed by atoms with E-state index in [9.17, 15) is 4.79 Å². The van der Waals surface area contributed by atoms with Crippen molar-refractivity contribution in [3.63, 3.8) is 0 Å². The third-order valence-electron chi connectivity index (χ3n) is 2.67. The lowest BCUT2D eigenvalue weighted by atomic mass is 10.2. The van der Waals surface area contributed by atoms with E-state index in [1.54, 1.807) is 12.1 Å². The lowest BCUT2D eigenvalue weighted by Crippen LogP contribution is -2.05. The predicted molar refractivity (Wildman–Crippen MR) is 76.7 cm³/mol. The maximum Gasteiger partial charge on any atom is 0.354 e. The van der Waals surface area contributed by atoms with Gasteiger partial charge >= 0.3 is 5.97 Å². The Labute approximate surface area is 117 Å². The molecule has 0 aliphatic heterocycles. The molecule has 0 fully saturated rings. The topological polar surface area (TPSA) is 59.4 Å². The number of ether oxygens (including phenoxy) is 1. The van der Waals surface area contributed by atoms with Gasteiger partial charge in [-0.15, -0.1) is 0 Å². The van der Waals surface area contributed by atoms with Crippen molar-refractivity contribution in [1.82, 2.24) is 4.98 Å². The number of hydrogen-bond donors (Lipinski definition) is 1. The van der Waals surface area contributed by atoms with Gasteiger partial charge in [-0.25, -0.2) is 9.78 Å². The second-order valence-electron chi connectivity index (χ2n) is 4.15. The fourth-order valence-corrected chi connectivity index (χ4v) is 1.76. The first-order valence-electron chi connectivity index (χ1n) is 6.24. The Morgan fingerprint density at radius 3 is 2.80 bits per heavy atom. The molecule has 0 spiro atoms. The summed E-state index contributed by atoms with van der Waals surface area (Å²) in [7, 11) is 0. The third kappa shape index (κ3) is 3.45. The van der Waals surface area contributed by atoms with Gasteiger partial charge in [0.25, 0.3) is 0 Å². The summed E-state index contributed by atoms with van der Waals surface area (Å²) in [4.78, 5) is 14.9. The molecular formula is C16H15NO3. The standard InChI is InChI=1S/C16H15NO3/c1-2-6-12-7-3-4-10-15(12)20-11-13-8-5-9-14(17-13)16(18)19/h2-10H,11H2,1H3,(H,18,19)/b6-2+. The molecule has 4 nitrogen and oxygen atoms in total. The molecule has 102 valence electrons. The van der Waals surface area contributed by atoms with E-state index in [-0.39, 0.29) is 12.3 Å². The molecule has 1 aromatic heterocycles. The van der Waals surface area contributed by atoms with Gasteiger partial charge in [0, 0.05) is 5.56 Å². The zero-order valence-electron chi connectivity index (χ0n) is 11.1. The van der Waals surface area contributed by atoms with E-state index < -0.39 is 5.97 Å². The summed E-state index contributed by atoms with van der Waals surface area (Å²) in [5.41, 5.74) is 1.58. The monoisotopic (exact) mass is 269 g/mol. The van der Waals surface area contributed by atoms with E-state index in [2.05, 4.69) is 4.98 Å². The van der Waals surface area contributed by atoms with Crippen LogP contribution in [0.3, 0.4) is 0 Å². The summed E-state index contributed by atoms with van der Waals surface area (Å²) in [6.07, 6.45) is 3.89. The number of allylic oxidation sites excluding steroid dienone is 1. The van der Waals surface area contributed by atoms with Crippen LogP contribution in [0.15, 0.2) is 48.5 Å². The van der Waals surface area contributed by atoms with Crippen molar-refractivity contribution >= 4 is 12.0 Å². The SMILES string of the molecule is C/C=C/c1ccccc1OCc1cccc(C(=O)O)n1. The van der Waals surface area contributed by atoms with Crippen LogP contribution in [-0.2, 0) is 6.61 Å². The van der Waals surface area contributed by atoms with Crippen molar-refractivity contribution < 1.29 is 14.6 Å². The van der Waals surface area contributed by atoms with Crippen molar-refractivity contribution in [2.24, 2.45) is 0 Å². The Balaban J connectivity index is 2.13. The van der Waals surface area contributed by atoms with Gasteiger partial charge in [0.1, 0.15) is 18.1 Å². The van der Waals surface area contributed by atoms with Crippen molar-refractivity contribution in [3.8, 4) is 5.75 Å². The molecule has 4 heteroatoms. The smallest absolute Gasteiger partial charge is 0.354 e. The molecule has 1 N–H and O–H groups in total. The van der Waals surface area contributed by atoms with E-state index in [1.165, 1.54) is 6.07 Å². The molecule has 2 rings (SSSR count). The third-order valence-corrected chi connectivity index (χ3v) is 2.67. The second-order valence-corrected chi connectivity index (χ2v) is 4.15. The minimum absolute atomic E-state index is 0.0211. The summed E-state index contributed by atoms with van der Waals surface area (Å²) in [6.45, 7) is 2.17. The van der Waals surface area contributed by atoms with E-state index in [1.807, 2.05) is 43.3 Å². The number of carbonyl (C=O) groups is 1. The van der Waals surface area contributed by atoms with Gasteiger partial charge < -0.3 is 9.84 Å². The van der Waals surface area contributed by atoms with Crippen LogP contribution in [0, 0.1) is 0 Å². The van der Waals surface area contributed by atoms with Crippen LogP contribution in [-0.4, -0.2) is 16.1 Å². The molecule has 0 saturated heterocycles. The Hall–Kier alpha value is -2.62. The highest BCUT2D eigenvalue weighted by atomic mass is 16.5. The van der Waals surface area contributed by atoms with Crippen molar-refractivity contribution in [2.45, 2.75) is 13.5 Å². The van der Waals surface area contributed by atoms with Crippen molar-refractivity contribution in [1.29, 1.82) is 0 Å². The molecular weight excluding hydrogens is 254 g/mol. The van der Waals surface area contributed by atoms with E-state index in [4.69, 9.17) is 9.84 Å². The molecule has 0 bridgehead atoms. The van der Waals surface area contributed by atoms with Crippen LogP contribution in [0.4, 0.5) is 0 Å². The number of pyridine rings is 1. The number of nitrogens with zero attached hydrogens (tertiary/aromatic N) is 1. The zero-order valence-corrected chi connectivity index (χ0v) is 11.1. The highest BCUT2D eigenvalue weighted by Crippen LogP contribution is 2.20. The number of rotatable bonds is 5. The number of aromatic carboxylic acids is 1. The van der Waals surface area contributed by atoms with Crippen LogP contribution in [0.1, 0.15) is 28.7 Å². The largest absolute Gasteiger partial charge is 0.487 e. The molecule has 20 heavy (non-hydrogen) atoms. The molecule has 2 aromatic rings. The lowest BCUT2D eigenvalue weighted by Gasteiger charge is -2.09. The van der Waals surface area contributed by atoms with Crippen LogP contribution in [0.2, 0.25) is 0 Å². The maximum atomic E-state index is 10.9. The lowest BCUT2D eigenvalue weighted by molar-refractivity contribution is 0.0690. The van der Waals surface area contributed by atoms with Crippen LogP contribution in [0.25, 0.3) is 6.08 Å². The van der Waals surface area contributed by atoms with Gasteiger partial charge in [0.05, 0.1) is 5.69 Å². The first-order chi connectivity index (χ1) is 9.70. The second kappa shape index (κ2) is 6.52. The summed E-state index contributed by atoms with van der Waals surface area (Å²) < 4.78 is 5.70. The maximum absolute atomic E-state index is 10.9. The molecule has 0 unspecified atom stereocenters. The summed E-state index contributed by atoms with van der Waals surface area (Å²) in [5.74, 6) is -0.297. The minimum Gasteiger partial charge on any atom is -0.487 e. The Morgan fingerprint density at radius 1 is 1.25 bits per heavy atom. The molecule has 1 heterocycles. The number of para-hydroxylation sites is 1. The number of carboxylic acid groups (broad SMARTS) is 1. The summed E-state index contributed by atoms with van der Waals surface area (Å²) in [5, 5.41) is 8.90. The van der Waals surface area contributed by atoms with Crippen LogP contribution >= 0.6 is 0 Å². The molecule has 0 radical (unpaired) electrons. The van der Waals surface area contributed by atoms with Crippen molar-refractivity contribution in [3.05, 3.63) is 65.5 Å². The first kappa shape index (κ1) is 13.8. The molecule has 0 saturated carbocycles. The Bertz CT molecular complexity index is 635. The van der Waals surface area contributed by atoms with Gasteiger partial charge in [-0.2, -0.15) is 0 Å². The van der Waals surface area contributed by atoms with E-state index in [0.717, 1.165) is 11.3 Å². The average Bonchev–Trinajstić information content (AvgIpc) is 2.47. The first-order valence-corrected chi connectivity index (χ1v) is 6.24. The van der Waals surface area contributed by atoms with Gasteiger partial charge in [-0.3, -0.25) is 0 Å². The summed E-state index contributed by atoms with van der Waals surface area (Å²) >= 11 is 0. The zero-order chi connectivity index (χ0) is 14.4. The van der Waals surface area contributed by atoms with E-state index >= 15 is 0 Å². The number of aromatic nitrogens is 1. The normalized spacial score (nSPS) is 10.7. The molecule has 0 amide bonds. The summed E-state index contributed by atoms with van der Waals surface area (Å²) in [6, 6.07) is 12.5. The quantitative estimate of drug-likeness (QED) is 0.903. The van der Waals surface area contributed by atoms with Gasteiger partial charge in [-0.1, -0.05) is 36.4 Å². The molecule has 1 aromatic carbocycles. The van der Waals surface area contributed by atoms with Crippen molar-refractivity contribution in [2.75, 3.05) is 0 Å². The van der Waals surface area contributed by atoms with Gasteiger partial charge in [0.15, 0.2) is 0 Å². The van der Waals surface area contributed by atoms with E-state index in [0.29, 0.717) is 5.69 Å². The Kier molecular flexibility index (Phi) is 4.50. The fraction of sp³-hybridized carbons (Fsp3) is 0.125. The fourth-order valence-electron chi connectivity index (χ4n) is 1.76.